The van der Waals surface area contributed by atoms with Gasteiger partial charge in [0.25, 0.3) is 0 Å². The number of hydrogen-bond donors (Lipinski definition) is 1. The molecule has 0 bridgehead atoms. The van der Waals surface area contributed by atoms with Crippen molar-refractivity contribution in [1.29, 1.82) is 0 Å². The van der Waals surface area contributed by atoms with Gasteiger partial charge in [0.05, 0.1) is 17.7 Å². The van der Waals surface area contributed by atoms with Crippen LogP contribution < -0.4 is 5.32 Å². The lowest BCUT2D eigenvalue weighted by Crippen LogP contribution is -2.24. The van der Waals surface area contributed by atoms with Gasteiger partial charge in [0, 0.05) is 0 Å². The van der Waals surface area contributed by atoms with Crippen molar-refractivity contribution < 1.29 is 9.21 Å². The van der Waals surface area contributed by atoms with Gasteiger partial charge in [-0.3, -0.25) is 4.79 Å². The highest BCUT2D eigenvalue weighted by atomic mass is 32.2. The molecule has 1 aromatic heterocycles. The minimum Gasteiger partial charge on any atom is -0.463 e. The van der Waals surface area contributed by atoms with Gasteiger partial charge in [-0.25, -0.2) is 0 Å². The van der Waals surface area contributed by atoms with Crippen LogP contribution in [0.2, 0.25) is 0 Å². The first-order chi connectivity index (χ1) is 10.3. The van der Waals surface area contributed by atoms with Crippen molar-refractivity contribution >= 4 is 29.1 Å². The second-order valence-electron chi connectivity index (χ2n) is 4.96. The van der Waals surface area contributed by atoms with Crippen LogP contribution in [-0.4, -0.2) is 22.5 Å². The van der Waals surface area contributed by atoms with Crippen LogP contribution in [0, 0.1) is 0 Å². The van der Waals surface area contributed by atoms with Gasteiger partial charge in [-0.2, -0.15) is 5.10 Å². The van der Waals surface area contributed by atoms with Gasteiger partial charge >= 0.3 is 0 Å². The van der Waals surface area contributed by atoms with E-state index in [9.17, 15) is 4.79 Å². The molecule has 2 heterocycles. The van der Waals surface area contributed by atoms with Crippen LogP contribution in [-0.2, 0) is 4.79 Å². The number of carbonyl (C=O) groups is 1. The molecule has 0 unspecified atom stereocenters. The third-order valence-electron chi connectivity index (χ3n) is 3.22. The maximum Gasteiger partial charge on any atom is 0.239 e. The van der Waals surface area contributed by atoms with Gasteiger partial charge < -0.3 is 9.73 Å². The van der Waals surface area contributed by atoms with Gasteiger partial charge in [0.2, 0.25) is 5.91 Å². The lowest BCUT2D eigenvalue weighted by Gasteiger charge is -2.04. The Kier molecular flexibility index (Phi) is 6.53. The summed E-state index contributed by atoms with van der Waals surface area (Å²) < 4.78 is 5.11. The highest BCUT2D eigenvalue weighted by Gasteiger charge is 2.29. The monoisotopic (exact) mass is 307 g/mol. The molecule has 0 aromatic carbocycles. The molecule has 0 aliphatic carbocycles. The van der Waals surface area contributed by atoms with Crippen LogP contribution in [0.1, 0.15) is 51.2 Å². The molecule has 0 radical (unpaired) electrons. The molecule has 0 spiro atoms. The number of amidine groups is 1. The highest BCUT2D eigenvalue weighted by Crippen LogP contribution is 2.24. The third kappa shape index (κ3) is 5.38. The Morgan fingerprint density at radius 1 is 1.38 bits per heavy atom. The van der Waals surface area contributed by atoms with Gasteiger partial charge in [-0.1, -0.05) is 50.8 Å². The number of unbranched alkanes of at least 4 members (excludes halogenated alkanes) is 4. The van der Waals surface area contributed by atoms with E-state index in [0.29, 0.717) is 10.9 Å². The topological polar surface area (TPSA) is 67.0 Å². The van der Waals surface area contributed by atoms with E-state index in [1.165, 1.54) is 43.7 Å². The van der Waals surface area contributed by atoms with Gasteiger partial charge in [0.15, 0.2) is 5.17 Å². The Hall–Kier alpha value is -1.56. The number of hydrogen-bond acceptors (Lipinski definition) is 5. The van der Waals surface area contributed by atoms with E-state index >= 15 is 0 Å². The first-order valence-corrected chi connectivity index (χ1v) is 8.29. The molecular formula is C15H21N3O2S. The number of carbonyl (C=O) groups excluding carboxylic acids is 1. The summed E-state index contributed by atoms with van der Waals surface area (Å²) in [5, 5.41) is 11.2. The molecule has 1 atom stereocenters. The number of nitrogens with one attached hydrogen (secondary N) is 1. The summed E-state index contributed by atoms with van der Waals surface area (Å²) in [6, 6.07) is 3.58. The van der Waals surface area contributed by atoms with Crippen molar-refractivity contribution in [2.24, 2.45) is 10.2 Å². The maximum absolute atomic E-state index is 11.8. The second kappa shape index (κ2) is 8.67. The van der Waals surface area contributed by atoms with Gasteiger partial charge in [0.1, 0.15) is 5.76 Å². The van der Waals surface area contributed by atoms with Crippen LogP contribution in [0.3, 0.4) is 0 Å². The van der Waals surface area contributed by atoms with Crippen molar-refractivity contribution in [3.8, 4) is 0 Å². The molecule has 5 nitrogen and oxygen atoms in total. The molecule has 6 heteroatoms. The number of thioether (sulfide) groups is 1. The molecule has 1 aliphatic rings. The van der Waals surface area contributed by atoms with Crippen LogP contribution in [0.15, 0.2) is 33.0 Å². The first-order valence-electron chi connectivity index (χ1n) is 7.41. The highest BCUT2D eigenvalue weighted by molar-refractivity contribution is 8.15. The van der Waals surface area contributed by atoms with Crippen LogP contribution in [0.25, 0.3) is 0 Å². The molecule has 1 fully saturated rings. The Balaban J connectivity index is 1.74. The zero-order valence-electron chi connectivity index (χ0n) is 12.2. The van der Waals surface area contributed by atoms with E-state index in [4.69, 9.17) is 4.42 Å². The Labute approximate surface area is 129 Å². The quantitative estimate of drug-likeness (QED) is 0.453. The fourth-order valence-electron chi connectivity index (χ4n) is 2.08. The van der Waals surface area contributed by atoms with Gasteiger partial charge in [-0.15, -0.1) is 5.10 Å². The molecule has 1 N–H and O–H groups in total. The van der Waals surface area contributed by atoms with Crippen LogP contribution >= 0.6 is 11.8 Å². The SMILES string of the molecule is CCCCCCC[C@H]1SC(=NN=Cc2ccco2)NC1=O. The Morgan fingerprint density at radius 3 is 3.00 bits per heavy atom. The second-order valence-corrected chi connectivity index (χ2v) is 6.16. The molecule has 1 amide bonds. The third-order valence-corrected chi connectivity index (χ3v) is 4.36. The molecule has 1 aromatic rings. The fourth-order valence-corrected chi connectivity index (χ4v) is 3.05. The van der Waals surface area contributed by atoms with Crippen LogP contribution in [0.4, 0.5) is 0 Å². The zero-order valence-corrected chi connectivity index (χ0v) is 13.1. The summed E-state index contributed by atoms with van der Waals surface area (Å²) in [5.41, 5.74) is 0. The minimum absolute atomic E-state index is 0.0239. The van der Waals surface area contributed by atoms with E-state index in [-0.39, 0.29) is 11.2 Å². The normalized spacial score (nSPS) is 20.5. The number of furan rings is 1. The summed E-state index contributed by atoms with van der Waals surface area (Å²) in [4.78, 5) is 11.8. The first kappa shape index (κ1) is 15.8. The Bertz CT molecular complexity index is 497. The van der Waals surface area contributed by atoms with Crippen molar-refractivity contribution in [2.75, 3.05) is 0 Å². The number of rotatable bonds is 8. The lowest BCUT2D eigenvalue weighted by atomic mass is 10.1. The van der Waals surface area contributed by atoms with E-state index in [2.05, 4.69) is 22.4 Å². The number of amides is 1. The number of nitrogens with zero attached hydrogens (tertiary/aromatic N) is 2. The zero-order chi connectivity index (χ0) is 14.9. The lowest BCUT2D eigenvalue weighted by molar-refractivity contribution is -0.118. The van der Waals surface area contributed by atoms with Crippen LogP contribution in [0.5, 0.6) is 0 Å². The molecule has 1 aliphatic heterocycles. The summed E-state index contributed by atoms with van der Waals surface area (Å²) >= 11 is 1.46. The van der Waals surface area contributed by atoms with Crippen molar-refractivity contribution in [3.05, 3.63) is 24.2 Å². The fraction of sp³-hybridized carbons (Fsp3) is 0.533. The van der Waals surface area contributed by atoms with Crippen molar-refractivity contribution in [2.45, 2.75) is 50.7 Å². The molecule has 21 heavy (non-hydrogen) atoms. The Morgan fingerprint density at radius 2 is 2.24 bits per heavy atom. The van der Waals surface area contributed by atoms with Gasteiger partial charge in [-0.05, 0) is 18.6 Å². The molecule has 0 saturated carbocycles. The van der Waals surface area contributed by atoms with E-state index in [1.807, 2.05) is 0 Å². The van der Waals surface area contributed by atoms with Crippen molar-refractivity contribution in [3.63, 3.8) is 0 Å². The van der Waals surface area contributed by atoms with E-state index in [0.717, 1.165) is 12.8 Å². The van der Waals surface area contributed by atoms with E-state index in [1.54, 1.807) is 18.4 Å². The predicted octanol–water partition coefficient (Wildman–Crippen LogP) is 3.56. The largest absolute Gasteiger partial charge is 0.463 e. The summed E-state index contributed by atoms with van der Waals surface area (Å²) in [5.74, 6) is 0.684. The summed E-state index contributed by atoms with van der Waals surface area (Å²) in [6.45, 7) is 2.20. The smallest absolute Gasteiger partial charge is 0.239 e. The minimum atomic E-state index is -0.0239. The summed E-state index contributed by atoms with van der Waals surface area (Å²) in [6.07, 6.45) is 10.1. The van der Waals surface area contributed by atoms with Crippen molar-refractivity contribution in [1.82, 2.24) is 5.32 Å². The maximum atomic E-state index is 11.8. The molecule has 114 valence electrons. The molecule has 2 rings (SSSR count). The average molecular weight is 307 g/mol. The average Bonchev–Trinajstić information content (AvgIpc) is 3.09. The summed E-state index contributed by atoms with van der Waals surface area (Å²) in [7, 11) is 0. The molecule has 1 saturated heterocycles. The van der Waals surface area contributed by atoms with E-state index < -0.39 is 0 Å². The predicted molar refractivity (Wildman–Crippen MR) is 86.6 cm³/mol. The molecular weight excluding hydrogens is 286 g/mol. The standard InChI is InChI=1S/C15H21N3O2S/c1-2-3-4-5-6-9-13-14(19)17-15(21-13)18-16-11-12-8-7-10-20-12/h7-8,10-11,13H,2-6,9H2,1H3,(H,17,18,19)/t13-/m1/s1.